The minimum absolute atomic E-state index is 0.124. The van der Waals surface area contributed by atoms with Crippen LogP contribution in [0.1, 0.15) is 27.9 Å². The van der Waals surface area contributed by atoms with Crippen LogP contribution in [0.5, 0.6) is 0 Å². The number of Topliss-reactive ketones (excluding diaryl/α,β-unsaturated/α-hetero) is 1. The summed E-state index contributed by atoms with van der Waals surface area (Å²) in [5.41, 5.74) is 4.20. The Bertz CT molecular complexity index is 585. The first kappa shape index (κ1) is 14.6. The molecule has 0 aromatic heterocycles. The summed E-state index contributed by atoms with van der Waals surface area (Å²) >= 11 is 5.81. The van der Waals surface area contributed by atoms with E-state index in [9.17, 15) is 4.79 Å². The van der Waals surface area contributed by atoms with Crippen molar-refractivity contribution in [3.63, 3.8) is 0 Å². The van der Waals surface area contributed by atoms with Gasteiger partial charge in [0.25, 0.3) is 0 Å². The summed E-state index contributed by atoms with van der Waals surface area (Å²) in [6.07, 6.45) is 0.467. The molecule has 1 N–H and O–H groups in total. The summed E-state index contributed by atoms with van der Waals surface area (Å²) < 4.78 is 0. The topological polar surface area (TPSA) is 29.1 Å². The van der Waals surface area contributed by atoms with Crippen LogP contribution in [0.3, 0.4) is 0 Å². The van der Waals surface area contributed by atoms with E-state index < -0.39 is 0 Å². The van der Waals surface area contributed by atoms with Crippen molar-refractivity contribution < 1.29 is 4.79 Å². The monoisotopic (exact) mass is 287 g/mol. The molecule has 0 unspecified atom stereocenters. The van der Waals surface area contributed by atoms with Crippen LogP contribution in [0, 0.1) is 13.8 Å². The maximum absolute atomic E-state index is 12.0. The zero-order valence-electron chi connectivity index (χ0n) is 11.7. The van der Waals surface area contributed by atoms with E-state index in [0.717, 1.165) is 5.69 Å². The first-order valence-corrected chi connectivity index (χ1v) is 7.03. The molecule has 0 fully saturated rings. The van der Waals surface area contributed by atoms with Gasteiger partial charge in [-0.15, -0.1) is 0 Å². The molecule has 0 aliphatic heterocycles. The van der Waals surface area contributed by atoms with Gasteiger partial charge >= 0.3 is 0 Å². The van der Waals surface area contributed by atoms with E-state index in [0.29, 0.717) is 23.6 Å². The molecule has 0 radical (unpaired) electrons. The van der Waals surface area contributed by atoms with Gasteiger partial charge in [0.1, 0.15) is 0 Å². The van der Waals surface area contributed by atoms with E-state index >= 15 is 0 Å². The molecular formula is C17H18ClNO. The van der Waals surface area contributed by atoms with Crippen molar-refractivity contribution in [1.82, 2.24) is 0 Å². The number of aryl methyl sites for hydroxylation is 2. The number of anilines is 1. The van der Waals surface area contributed by atoms with Gasteiger partial charge in [-0.05, 0) is 61.4 Å². The number of hydrogen-bond acceptors (Lipinski definition) is 2. The average Bonchev–Trinajstić information content (AvgIpc) is 2.38. The van der Waals surface area contributed by atoms with Crippen LogP contribution in [0.25, 0.3) is 0 Å². The van der Waals surface area contributed by atoms with Gasteiger partial charge in [-0.3, -0.25) is 4.79 Å². The minimum Gasteiger partial charge on any atom is -0.385 e. The summed E-state index contributed by atoms with van der Waals surface area (Å²) in [7, 11) is 0. The van der Waals surface area contributed by atoms with Crippen molar-refractivity contribution in [2.45, 2.75) is 20.3 Å². The predicted molar refractivity (Wildman–Crippen MR) is 84.8 cm³/mol. The molecule has 0 spiro atoms. The number of carbonyl (C=O) groups excluding carboxylic acids is 1. The average molecular weight is 288 g/mol. The fourth-order valence-electron chi connectivity index (χ4n) is 2.18. The van der Waals surface area contributed by atoms with Crippen molar-refractivity contribution >= 4 is 23.1 Å². The Morgan fingerprint density at radius 2 is 1.65 bits per heavy atom. The third kappa shape index (κ3) is 4.10. The van der Waals surface area contributed by atoms with Crippen molar-refractivity contribution in [2.75, 3.05) is 11.9 Å². The molecule has 2 nitrogen and oxygen atoms in total. The number of benzene rings is 2. The van der Waals surface area contributed by atoms with Gasteiger partial charge in [0.05, 0.1) is 0 Å². The highest BCUT2D eigenvalue weighted by molar-refractivity contribution is 6.30. The largest absolute Gasteiger partial charge is 0.385 e. The minimum atomic E-state index is 0.124. The predicted octanol–water partition coefficient (Wildman–Crippen LogP) is 4.64. The van der Waals surface area contributed by atoms with Gasteiger partial charge in [0, 0.05) is 29.2 Å². The molecule has 0 heterocycles. The number of rotatable bonds is 5. The van der Waals surface area contributed by atoms with Gasteiger partial charge in [-0.1, -0.05) is 17.7 Å². The molecule has 104 valence electrons. The maximum atomic E-state index is 12.0. The zero-order valence-corrected chi connectivity index (χ0v) is 12.5. The highest BCUT2D eigenvalue weighted by Gasteiger charge is 2.05. The van der Waals surface area contributed by atoms with Crippen molar-refractivity contribution in [1.29, 1.82) is 0 Å². The lowest BCUT2D eigenvalue weighted by molar-refractivity contribution is 0.0986. The SMILES string of the molecule is Cc1cc(C)cc(NCCC(=O)c2ccc(Cl)cc2)c1. The maximum Gasteiger partial charge on any atom is 0.164 e. The second-order valence-corrected chi connectivity index (χ2v) is 5.42. The molecule has 0 aliphatic carbocycles. The second-order valence-electron chi connectivity index (χ2n) is 4.98. The molecule has 0 amide bonds. The van der Waals surface area contributed by atoms with E-state index in [2.05, 4.69) is 37.4 Å². The number of ketones is 1. The van der Waals surface area contributed by atoms with Crippen LogP contribution < -0.4 is 5.32 Å². The number of halogens is 1. The highest BCUT2D eigenvalue weighted by atomic mass is 35.5. The number of nitrogens with one attached hydrogen (secondary N) is 1. The van der Waals surface area contributed by atoms with Crippen LogP contribution in [-0.4, -0.2) is 12.3 Å². The van der Waals surface area contributed by atoms with Gasteiger partial charge in [-0.25, -0.2) is 0 Å². The van der Waals surface area contributed by atoms with Gasteiger partial charge in [0.2, 0.25) is 0 Å². The normalized spacial score (nSPS) is 10.3. The van der Waals surface area contributed by atoms with Crippen LogP contribution in [0.15, 0.2) is 42.5 Å². The second kappa shape index (κ2) is 6.58. The molecule has 0 saturated heterocycles. The van der Waals surface area contributed by atoms with Crippen molar-refractivity contribution in [2.24, 2.45) is 0 Å². The third-order valence-electron chi connectivity index (χ3n) is 3.07. The quantitative estimate of drug-likeness (QED) is 0.812. The smallest absolute Gasteiger partial charge is 0.164 e. The molecule has 0 bridgehead atoms. The van der Waals surface area contributed by atoms with Crippen LogP contribution in [0.2, 0.25) is 5.02 Å². The molecule has 2 aromatic carbocycles. The summed E-state index contributed by atoms with van der Waals surface area (Å²) in [6.45, 7) is 4.76. The molecule has 2 aromatic rings. The van der Waals surface area contributed by atoms with Crippen LogP contribution in [-0.2, 0) is 0 Å². The van der Waals surface area contributed by atoms with Crippen molar-refractivity contribution in [3.05, 3.63) is 64.2 Å². The molecule has 0 aliphatic rings. The molecule has 0 saturated carbocycles. The number of carbonyl (C=O) groups is 1. The lowest BCUT2D eigenvalue weighted by Crippen LogP contribution is -2.09. The Balaban J connectivity index is 1.89. The Hall–Kier alpha value is -1.80. The molecule has 20 heavy (non-hydrogen) atoms. The summed E-state index contributed by atoms with van der Waals surface area (Å²) in [6, 6.07) is 13.3. The number of hydrogen-bond donors (Lipinski definition) is 1. The first-order valence-electron chi connectivity index (χ1n) is 6.65. The van der Waals surface area contributed by atoms with E-state index in [-0.39, 0.29) is 5.78 Å². The van der Waals surface area contributed by atoms with Crippen LogP contribution in [0.4, 0.5) is 5.69 Å². The summed E-state index contributed by atoms with van der Waals surface area (Å²) in [4.78, 5) is 12.0. The first-order chi connectivity index (χ1) is 9.54. The van der Waals surface area contributed by atoms with E-state index in [1.807, 2.05) is 0 Å². The standard InChI is InChI=1S/C17H18ClNO/c1-12-9-13(2)11-16(10-12)19-8-7-17(20)14-3-5-15(18)6-4-14/h3-6,9-11,19H,7-8H2,1-2H3. The lowest BCUT2D eigenvalue weighted by Gasteiger charge is -2.08. The Morgan fingerprint density at radius 3 is 2.25 bits per heavy atom. The van der Waals surface area contributed by atoms with Gasteiger partial charge in [-0.2, -0.15) is 0 Å². The van der Waals surface area contributed by atoms with E-state index in [1.54, 1.807) is 24.3 Å². The van der Waals surface area contributed by atoms with Crippen molar-refractivity contribution in [3.8, 4) is 0 Å². The fraction of sp³-hybridized carbons (Fsp3) is 0.235. The van der Waals surface area contributed by atoms with E-state index in [1.165, 1.54) is 11.1 Å². The molecule has 3 heteroatoms. The van der Waals surface area contributed by atoms with Crippen LogP contribution >= 0.6 is 11.6 Å². The molecule has 0 atom stereocenters. The Kier molecular flexibility index (Phi) is 4.80. The molecular weight excluding hydrogens is 270 g/mol. The van der Waals surface area contributed by atoms with Gasteiger partial charge in [0.15, 0.2) is 5.78 Å². The third-order valence-corrected chi connectivity index (χ3v) is 3.32. The summed E-state index contributed by atoms with van der Waals surface area (Å²) in [5, 5.41) is 3.94. The van der Waals surface area contributed by atoms with E-state index in [4.69, 9.17) is 11.6 Å². The molecule has 2 rings (SSSR count). The summed E-state index contributed by atoms with van der Waals surface area (Å²) in [5.74, 6) is 0.124. The highest BCUT2D eigenvalue weighted by Crippen LogP contribution is 2.14. The van der Waals surface area contributed by atoms with Gasteiger partial charge < -0.3 is 5.32 Å². The zero-order chi connectivity index (χ0) is 14.5. The fourth-order valence-corrected chi connectivity index (χ4v) is 2.30. The lowest BCUT2D eigenvalue weighted by atomic mass is 10.1. The Labute approximate surface area is 124 Å². The Morgan fingerprint density at radius 1 is 1.05 bits per heavy atom.